The van der Waals surface area contributed by atoms with Gasteiger partial charge in [-0.3, -0.25) is 4.79 Å². The Kier molecular flexibility index (Phi) is 4.14. The zero-order valence-corrected chi connectivity index (χ0v) is 12.9. The molecule has 0 aliphatic rings. The second kappa shape index (κ2) is 5.67. The van der Waals surface area contributed by atoms with Gasteiger partial charge in [0.25, 0.3) is 0 Å². The van der Waals surface area contributed by atoms with Crippen molar-refractivity contribution < 1.29 is 4.79 Å². The van der Waals surface area contributed by atoms with Gasteiger partial charge in [0.05, 0.1) is 11.4 Å². The number of rotatable bonds is 3. The standard InChI is InChI=1S/C16H20N2OS/c1-16(2,3)10-15(19)18-13-9-11(6-7-12(13)17)14-5-4-8-20-14/h4-9H,10,17H2,1-3H3,(H,18,19). The number of nitrogens with two attached hydrogens (primary N) is 1. The highest BCUT2D eigenvalue weighted by molar-refractivity contribution is 7.13. The second-order valence-corrected chi connectivity index (χ2v) is 7.01. The molecular formula is C16H20N2OS. The highest BCUT2D eigenvalue weighted by Gasteiger charge is 2.16. The van der Waals surface area contributed by atoms with Crippen molar-refractivity contribution >= 4 is 28.6 Å². The third-order valence-electron chi connectivity index (χ3n) is 2.82. The number of carbonyl (C=O) groups excluding carboxylic acids is 1. The van der Waals surface area contributed by atoms with Crippen LogP contribution in [0.25, 0.3) is 10.4 Å². The van der Waals surface area contributed by atoms with E-state index >= 15 is 0 Å². The summed E-state index contributed by atoms with van der Waals surface area (Å²) >= 11 is 1.67. The molecule has 3 nitrogen and oxygen atoms in total. The first-order valence-corrected chi connectivity index (χ1v) is 7.46. The third-order valence-corrected chi connectivity index (χ3v) is 3.74. The molecule has 1 aromatic carbocycles. The fourth-order valence-corrected chi connectivity index (χ4v) is 2.66. The van der Waals surface area contributed by atoms with E-state index in [1.165, 1.54) is 0 Å². The smallest absolute Gasteiger partial charge is 0.224 e. The topological polar surface area (TPSA) is 55.1 Å². The number of benzene rings is 1. The Balaban J connectivity index is 2.19. The molecule has 3 N–H and O–H groups in total. The van der Waals surface area contributed by atoms with Gasteiger partial charge in [-0.1, -0.05) is 32.9 Å². The molecule has 0 radical (unpaired) electrons. The average Bonchev–Trinajstić information content (AvgIpc) is 2.83. The molecule has 0 bridgehead atoms. The summed E-state index contributed by atoms with van der Waals surface area (Å²) in [6.45, 7) is 6.12. The molecule has 1 aromatic heterocycles. The lowest BCUT2D eigenvalue weighted by atomic mass is 9.92. The molecule has 4 heteroatoms. The Morgan fingerprint density at radius 3 is 2.65 bits per heavy atom. The summed E-state index contributed by atoms with van der Waals surface area (Å²) in [7, 11) is 0. The Labute approximate surface area is 123 Å². The predicted molar refractivity (Wildman–Crippen MR) is 86.9 cm³/mol. The zero-order valence-electron chi connectivity index (χ0n) is 12.1. The van der Waals surface area contributed by atoms with Crippen LogP contribution in [0.3, 0.4) is 0 Å². The Morgan fingerprint density at radius 1 is 1.30 bits per heavy atom. The lowest BCUT2D eigenvalue weighted by Gasteiger charge is -2.18. The highest BCUT2D eigenvalue weighted by atomic mass is 32.1. The molecule has 20 heavy (non-hydrogen) atoms. The minimum atomic E-state index is -0.0375. The number of amides is 1. The van der Waals surface area contributed by atoms with E-state index in [-0.39, 0.29) is 11.3 Å². The van der Waals surface area contributed by atoms with Gasteiger partial charge >= 0.3 is 0 Å². The maximum absolute atomic E-state index is 12.0. The van der Waals surface area contributed by atoms with E-state index in [2.05, 4.69) is 11.4 Å². The first-order chi connectivity index (χ1) is 9.35. The van der Waals surface area contributed by atoms with E-state index in [0.717, 1.165) is 10.4 Å². The van der Waals surface area contributed by atoms with Gasteiger partial charge in [0.2, 0.25) is 5.91 Å². The number of thiophene rings is 1. The van der Waals surface area contributed by atoms with Crippen molar-refractivity contribution in [2.75, 3.05) is 11.1 Å². The van der Waals surface area contributed by atoms with E-state index in [0.29, 0.717) is 17.8 Å². The molecule has 0 unspecified atom stereocenters. The largest absolute Gasteiger partial charge is 0.397 e. The molecule has 1 heterocycles. The first kappa shape index (κ1) is 14.6. The number of nitrogens with one attached hydrogen (secondary N) is 1. The van der Waals surface area contributed by atoms with Crippen molar-refractivity contribution in [2.45, 2.75) is 27.2 Å². The molecule has 1 amide bonds. The first-order valence-electron chi connectivity index (χ1n) is 6.58. The maximum atomic E-state index is 12.0. The van der Waals surface area contributed by atoms with Crippen LogP contribution in [0.5, 0.6) is 0 Å². The summed E-state index contributed by atoms with van der Waals surface area (Å²) in [4.78, 5) is 13.2. The predicted octanol–water partition coefficient (Wildman–Crippen LogP) is 4.37. The molecule has 2 rings (SSSR count). The lowest BCUT2D eigenvalue weighted by molar-refractivity contribution is -0.117. The number of anilines is 2. The van der Waals surface area contributed by atoms with Crippen molar-refractivity contribution in [3.8, 4) is 10.4 Å². The normalized spacial score (nSPS) is 11.3. The van der Waals surface area contributed by atoms with Gasteiger partial charge in [-0.15, -0.1) is 11.3 Å². The van der Waals surface area contributed by atoms with Gasteiger partial charge in [-0.25, -0.2) is 0 Å². The lowest BCUT2D eigenvalue weighted by Crippen LogP contribution is -2.20. The van der Waals surface area contributed by atoms with Crippen LogP contribution in [-0.2, 0) is 4.79 Å². The Bertz CT molecular complexity index is 597. The minimum absolute atomic E-state index is 0.00692. The van der Waals surface area contributed by atoms with Crippen LogP contribution in [0.4, 0.5) is 11.4 Å². The molecule has 0 aliphatic heterocycles. The van der Waals surface area contributed by atoms with Crippen LogP contribution in [0.2, 0.25) is 0 Å². The van der Waals surface area contributed by atoms with Gasteiger partial charge in [0.1, 0.15) is 0 Å². The molecular weight excluding hydrogens is 268 g/mol. The van der Waals surface area contributed by atoms with E-state index in [1.54, 1.807) is 11.3 Å². The van der Waals surface area contributed by atoms with Crippen LogP contribution in [0.1, 0.15) is 27.2 Å². The van der Waals surface area contributed by atoms with Crippen molar-refractivity contribution in [1.82, 2.24) is 0 Å². The second-order valence-electron chi connectivity index (χ2n) is 6.06. The van der Waals surface area contributed by atoms with Crippen LogP contribution >= 0.6 is 11.3 Å². The van der Waals surface area contributed by atoms with E-state index in [1.807, 2.05) is 50.4 Å². The van der Waals surface area contributed by atoms with Crippen molar-refractivity contribution in [2.24, 2.45) is 5.41 Å². The molecule has 0 saturated heterocycles. The fourth-order valence-electron chi connectivity index (χ4n) is 1.94. The molecule has 0 aliphatic carbocycles. The van der Waals surface area contributed by atoms with Crippen LogP contribution < -0.4 is 11.1 Å². The quantitative estimate of drug-likeness (QED) is 0.824. The summed E-state index contributed by atoms with van der Waals surface area (Å²) < 4.78 is 0. The zero-order chi connectivity index (χ0) is 14.8. The van der Waals surface area contributed by atoms with Crippen molar-refractivity contribution in [1.29, 1.82) is 0 Å². The highest BCUT2D eigenvalue weighted by Crippen LogP contribution is 2.30. The Hall–Kier alpha value is -1.81. The average molecular weight is 288 g/mol. The summed E-state index contributed by atoms with van der Waals surface area (Å²) in [6, 6.07) is 9.80. The van der Waals surface area contributed by atoms with Gasteiger partial charge in [0.15, 0.2) is 0 Å². The monoisotopic (exact) mass is 288 g/mol. The van der Waals surface area contributed by atoms with Crippen molar-refractivity contribution in [3.05, 3.63) is 35.7 Å². The van der Waals surface area contributed by atoms with Gasteiger partial charge < -0.3 is 11.1 Å². The maximum Gasteiger partial charge on any atom is 0.224 e. The fraction of sp³-hybridized carbons (Fsp3) is 0.312. The SMILES string of the molecule is CC(C)(C)CC(=O)Nc1cc(-c2cccs2)ccc1N. The molecule has 106 valence electrons. The van der Waals surface area contributed by atoms with Crippen LogP contribution in [0, 0.1) is 5.41 Å². The summed E-state index contributed by atoms with van der Waals surface area (Å²) in [5, 5.41) is 4.94. The minimum Gasteiger partial charge on any atom is -0.397 e. The van der Waals surface area contributed by atoms with Gasteiger partial charge in [0, 0.05) is 11.3 Å². The number of carbonyl (C=O) groups is 1. The van der Waals surface area contributed by atoms with E-state index in [4.69, 9.17) is 5.73 Å². The van der Waals surface area contributed by atoms with Crippen molar-refractivity contribution in [3.63, 3.8) is 0 Å². The number of hydrogen-bond acceptors (Lipinski definition) is 3. The summed E-state index contributed by atoms with van der Waals surface area (Å²) in [5.74, 6) is -0.00692. The molecule has 0 atom stereocenters. The number of hydrogen-bond donors (Lipinski definition) is 2. The van der Waals surface area contributed by atoms with E-state index < -0.39 is 0 Å². The molecule has 0 saturated carbocycles. The third kappa shape index (κ3) is 3.84. The van der Waals surface area contributed by atoms with Crippen LogP contribution in [-0.4, -0.2) is 5.91 Å². The summed E-state index contributed by atoms with van der Waals surface area (Å²) in [5.41, 5.74) is 8.25. The summed E-state index contributed by atoms with van der Waals surface area (Å²) in [6.07, 6.45) is 0.468. The Morgan fingerprint density at radius 2 is 2.05 bits per heavy atom. The molecule has 2 aromatic rings. The number of nitrogen functional groups attached to an aromatic ring is 1. The van der Waals surface area contributed by atoms with Crippen LogP contribution in [0.15, 0.2) is 35.7 Å². The van der Waals surface area contributed by atoms with E-state index in [9.17, 15) is 4.79 Å². The molecule has 0 fully saturated rings. The molecule has 0 spiro atoms. The van der Waals surface area contributed by atoms with Gasteiger partial charge in [-0.2, -0.15) is 0 Å². The van der Waals surface area contributed by atoms with Gasteiger partial charge in [-0.05, 0) is 34.6 Å².